The normalized spacial score (nSPS) is 14.2. The first kappa shape index (κ1) is 42.8. The average Bonchev–Trinajstić information content (AvgIpc) is 3.48. The number of hydrogen-bond donors (Lipinski definition) is 2. The number of rotatable bonds is 20. The maximum absolute atomic E-state index is 13.7. The van der Waals surface area contributed by atoms with Crippen molar-refractivity contribution in [2.24, 2.45) is 0 Å². The smallest absolute Gasteiger partial charge is 0.378 e. The Morgan fingerprint density at radius 2 is 1.47 bits per heavy atom. The predicted molar refractivity (Wildman–Crippen MR) is 216 cm³/mol. The fourth-order valence-corrected chi connectivity index (χ4v) is 6.34. The number of anilines is 1. The molecule has 0 bridgehead atoms. The van der Waals surface area contributed by atoms with Crippen molar-refractivity contribution >= 4 is 28.5 Å². The number of ether oxygens (including phenoxy) is 1. The van der Waals surface area contributed by atoms with Gasteiger partial charge in [0.15, 0.2) is 0 Å². The Bertz CT molecular complexity index is 1850. The van der Waals surface area contributed by atoms with Gasteiger partial charge in [-0.15, -0.1) is 0 Å². The van der Waals surface area contributed by atoms with Gasteiger partial charge >= 0.3 is 6.18 Å². The summed E-state index contributed by atoms with van der Waals surface area (Å²) in [5.74, 6) is 0.169. The van der Waals surface area contributed by atoms with Crippen LogP contribution < -0.4 is 15.5 Å². The van der Waals surface area contributed by atoms with E-state index in [4.69, 9.17) is 9.72 Å². The molecule has 2 amide bonds. The Morgan fingerprint density at radius 1 is 0.855 bits per heavy atom. The molecule has 4 rings (SSSR count). The van der Waals surface area contributed by atoms with Crippen molar-refractivity contribution in [1.29, 1.82) is 0 Å². The van der Waals surface area contributed by atoms with Crippen molar-refractivity contribution in [2.45, 2.75) is 84.9 Å². The number of unbranched alkanes of at least 4 members (excludes halogenated alkanes) is 1. The number of hydrogen-bond acceptors (Lipinski definition) is 5. The van der Waals surface area contributed by atoms with Crippen molar-refractivity contribution in [3.05, 3.63) is 119 Å². The van der Waals surface area contributed by atoms with Gasteiger partial charge in [-0.25, -0.2) is 4.98 Å². The minimum absolute atomic E-state index is 0.0717. The molecule has 3 aromatic rings. The van der Waals surface area contributed by atoms with Gasteiger partial charge in [0.1, 0.15) is 11.3 Å². The second kappa shape index (κ2) is 22.5. The van der Waals surface area contributed by atoms with Gasteiger partial charge in [0.05, 0.1) is 29.9 Å². The van der Waals surface area contributed by atoms with Crippen LogP contribution in [0.3, 0.4) is 0 Å². The van der Waals surface area contributed by atoms with Crippen LogP contribution >= 0.6 is 0 Å². The molecule has 0 unspecified atom stereocenters. The molecular weight excluding hydrogens is 704 g/mol. The average molecular weight is 760 g/mol. The van der Waals surface area contributed by atoms with E-state index in [0.717, 1.165) is 56.7 Å². The molecule has 55 heavy (non-hydrogen) atoms. The number of carbonyl (C=O) groups is 2. The van der Waals surface area contributed by atoms with Gasteiger partial charge in [-0.2, -0.15) is 13.2 Å². The Labute approximate surface area is 323 Å². The van der Waals surface area contributed by atoms with Crippen LogP contribution in [0.25, 0.3) is 11.0 Å². The van der Waals surface area contributed by atoms with Crippen LogP contribution in [0.2, 0.25) is 0 Å². The van der Waals surface area contributed by atoms with Crippen LogP contribution in [-0.2, 0) is 22.3 Å². The van der Waals surface area contributed by atoms with Gasteiger partial charge < -0.3 is 24.8 Å². The zero-order valence-electron chi connectivity index (χ0n) is 32.5. The molecule has 2 heterocycles. The van der Waals surface area contributed by atoms with Gasteiger partial charge in [-0.1, -0.05) is 79.8 Å². The molecule has 2 aromatic carbocycles. The van der Waals surface area contributed by atoms with E-state index in [2.05, 4.69) is 83.2 Å². The molecule has 1 aliphatic heterocycles. The second-order valence-electron chi connectivity index (χ2n) is 13.5. The van der Waals surface area contributed by atoms with Crippen LogP contribution in [0.15, 0.2) is 91.1 Å². The first-order valence-electron chi connectivity index (χ1n) is 19.4. The predicted octanol–water partition coefficient (Wildman–Crippen LogP) is 9.32. The van der Waals surface area contributed by atoms with Gasteiger partial charge in [0, 0.05) is 44.8 Å². The lowest BCUT2D eigenvalue weighted by Gasteiger charge is -2.29. The van der Waals surface area contributed by atoms with Gasteiger partial charge in [0.2, 0.25) is 5.91 Å². The van der Waals surface area contributed by atoms with Gasteiger partial charge in [-0.3, -0.25) is 9.59 Å². The topological polar surface area (TPSA) is 88.5 Å². The van der Waals surface area contributed by atoms with Gasteiger partial charge in [-0.05, 0) is 88.1 Å². The summed E-state index contributed by atoms with van der Waals surface area (Å²) in [5, 5.41) is 5.80. The molecule has 0 saturated carbocycles. The third-order valence-corrected chi connectivity index (χ3v) is 9.40. The van der Waals surface area contributed by atoms with Crippen LogP contribution in [0, 0.1) is 13.8 Å². The maximum atomic E-state index is 13.7. The van der Waals surface area contributed by atoms with Crippen molar-refractivity contribution < 1.29 is 27.5 Å². The third kappa shape index (κ3) is 13.7. The Hall–Kier alpha value is -4.90. The molecule has 0 spiro atoms. The standard InChI is InChI=1S/C44H56F3N5O3/c1-4-5-6-7-8-9-10-11-12-13-14-15-16-17-18-19-20-24-41(53)48-25-26-49-43(54)38-31-37(51-27-29-55-30-28-51)32-40-42(38)50-35(3)52(40)33-36-22-21-23-39(34(36)2)44(45,46)47/h5-6,8-9,11-12,14-15,17-18,21-23,31-32H,4,7,10,13,16,19-20,24-30,33H2,1-3H3,(H,48,53)(H,49,54)/b6-5-,9-8-,12-11-,15-14-,18-17-. The monoisotopic (exact) mass is 759 g/mol. The highest BCUT2D eigenvalue weighted by molar-refractivity contribution is 6.06. The fourth-order valence-electron chi connectivity index (χ4n) is 6.34. The van der Waals surface area contributed by atoms with Crippen molar-refractivity contribution in [2.75, 3.05) is 44.3 Å². The molecule has 1 saturated heterocycles. The van der Waals surface area contributed by atoms with Crippen molar-refractivity contribution in [3.8, 4) is 0 Å². The summed E-state index contributed by atoms with van der Waals surface area (Å²) in [6, 6.07) is 7.95. The first-order chi connectivity index (χ1) is 26.6. The van der Waals surface area contributed by atoms with E-state index in [1.807, 2.05) is 16.7 Å². The Morgan fingerprint density at radius 3 is 2.11 bits per heavy atom. The number of benzene rings is 2. The molecule has 2 N–H and O–H groups in total. The molecule has 8 nitrogen and oxygen atoms in total. The number of aryl methyl sites for hydroxylation is 1. The number of carbonyl (C=O) groups excluding carboxylic acids is 2. The molecule has 0 aliphatic carbocycles. The minimum Gasteiger partial charge on any atom is -0.378 e. The number of allylic oxidation sites excluding steroid dienone is 10. The van der Waals surface area contributed by atoms with E-state index < -0.39 is 11.7 Å². The van der Waals surface area contributed by atoms with Crippen molar-refractivity contribution in [3.63, 3.8) is 0 Å². The highest BCUT2D eigenvalue weighted by Gasteiger charge is 2.33. The van der Waals surface area contributed by atoms with E-state index >= 15 is 0 Å². The lowest BCUT2D eigenvalue weighted by Crippen LogP contribution is -2.37. The van der Waals surface area contributed by atoms with E-state index in [0.29, 0.717) is 60.7 Å². The number of nitrogens with zero attached hydrogens (tertiary/aromatic N) is 3. The quantitative estimate of drug-likeness (QED) is 0.0886. The van der Waals surface area contributed by atoms with E-state index in [-0.39, 0.29) is 37.0 Å². The Balaban J connectivity index is 1.25. The molecule has 296 valence electrons. The zero-order valence-corrected chi connectivity index (χ0v) is 32.5. The summed E-state index contributed by atoms with van der Waals surface area (Å²) in [6.07, 6.45) is 23.9. The van der Waals surface area contributed by atoms with E-state index in [9.17, 15) is 22.8 Å². The second-order valence-corrected chi connectivity index (χ2v) is 13.5. The molecule has 1 aliphatic rings. The number of fused-ring (bicyclic) bond motifs is 1. The molecular formula is C44H56F3N5O3. The molecule has 0 radical (unpaired) electrons. The maximum Gasteiger partial charge on any atom is 0.416 e. The van der Waals surface area contributed by atoms with Gasteiger partial charge in [0.25, 0.3) is 5.91 Å². The molecule has 0 atom stereocenters. The minimum atomic E-state index is -4.46. The third-order valence-electron chi connectivity index (χ3n) is 9.40. The van der Waals surface area contributed by atoms with E-state index in [1.165, 1.54) is 13.0 Å². The highest BCUT2D eigenvalue weighted by atomic mass is 19.4. The number of imidazole rings is 1. The first-order valence-corrected chi connectivity index (χ1v) is 19.4. The summed E-state index contributed by atoms with van der Waals surface area (Å²) >= 11 is 0. The number of nitrogens with one attached hydrogen (secondary N) is 2. The molecule has 11 heteroatoms. The number of morpholine rings is 1. The highest BCUT2D eigenvalue weighted by Crippen LogP contribution is 2.34. The lowest BCUT2D eigenvalue weighted by atomic mass is 10.0. The molecule has 1 fully saturated rings. The van der Waals surface area contributed by atoms with Crippen LogP contribution in [0.4, 0.5) is 18.9 Å². The van der Waals surface area contributed by atoms with E-state index in [1.54, 1.807) is 13.0 Å². The molecule has 1 aromatic heterocycles. The summed E-state index contributed by atoms with van der Waals surface area (Å²) in [7, 11) is 0. The number of aromatic nitrogens is 2. The zero-order chi connectivity index (χ0) is 39.5. The summed E-state index contributed by atoms with van der Waals surface area (Å²) < 4.78 is 48.5. The number of amides is 2. The Kier molecular flexibility index (Phi) is 17.5. The number of alkyl halides is 3. The fraction of sp³-hybridized carbons (Fsp3) is 0.432. The summed E-state index contributed by atoms with van der Waals surface area (Å²) in [6.45, 7) is 8.44. The largest absolute Gasteiger partial charge is 0.416 e. The SMILES string of the molecule is CC/C=C\C/C=C\C/C=C\C/C=C\C/C=C\CCCC(=O)NCCNC(=O)c1cc(N2CCOCC2)cc2c1nc(C)n2Cc1cccc(C(F)(F)F)c1C. The van der Waals surface area contributed by atoms with Crippen LogP contribution in [-0.4, -0.2) is 60.8 Å². The van der Waals surface area contributed by atoms with Crippen LogP contribution in [0.5, 0.6) is 0 Å². The number of halogens is 3. The van der Waals surface area contributed by atoms with Crippen molar-refractivity contribution in [1.82, 2.24) is 20.2 Å². The summed E-state index contributed by atoms with van der Waals surface area (Å²) in [4.78, 5) is 32.9. The summed E-state index contributed by atoms with van der Waals surface area (Å²) in [5.41, 5.74) is 2.32. The van der Waals surface area contributed by atoms with Crippen LogP contribution in [0.1, 0.15) is 91.2 Å². The lowest BCUT2D eigenvalue weighted by molar-refractivity contribution is -0.138.